The van der Waals surface area contributed by atoms with E-state index in [9.17, 15) is 9.59 Å². The van der Waals surface area contributed by atoms with Gasteiger partial charge in [0.2, 0.25) is 5.91 Å². The lowest BCUT2D eigenvalue weighted by molar-refractivity contribution is -0.124. The third-order valence-electron chi connectivity index (χ3n) is 5.14. The average molecular weight is 360 g/mol. The maximum atomic E-state index is 12.4. The number of hydrogen-bond acceptors (Lipinski definition) is 5. The molecule has 2 heterocycles. The fourth-order valence-electron chi connectivity index (χ4n) is 3.48. The molecule has 0 aromatic heterocycles. The Balaban J connectivity index is 1.39. The van der Waals surface area contributed by atoms with Crippen LogP contribution in [0.15, 0.2) is 30.3 Å². The van der Waals surface area contributed by atoms with E-state index in [1.54, 1.807) is 4.90 Å². The Hall–Kier alpha value is -2.12. The predicted octanol–water partition coefficient (Wildman–Crippen LogP) is 0.854. The van der Waals surface area contributed by atoms with Gasteiger partial charge in [-0.05, 0) is 31.9 Å². The first-order chi connectivity index (χ1) is 12.7. The van der Waals surface area contributed by atoms with E-state index in [2.05, 4.69) is 16.0 Å². The van der Waals surface area contributed by atoms with E-state index in [0.29, 0.717) is 19.1 Å². The maximum absolute atomic E-state index is 12.4. The minimum Gasteiger partial charge on any atom is -0.445 e. The zero-order chi connectivity index (χ0) is 18.4. The molecule has 0 radical (unpaired) electrons. The van der Waals surface area contributed by atoms with E-state index in [1.807, 2.05) is 37.4 Å². The molecule has 3 N–H and O–H groups in total. The molecule has 142 valence electrons. The first-order valence-corrected chi connectivity index (χ1v) is 9.32. The second kappa shape index (κ2) is 9.00. The van der Waals surface area contributed by atoms with Crippen LogP contribution in [0, 0.1) is 0 Å². The summed E-state index contributed by atoms with van der Waals surface area (Å²) >= 11 is 0. The van der Waals surface area contributed by atoms with Gasteiger partial charge < -0.3 is 25.6 Å². The van der Waals surface area contributed by atoms with Gasteiger partial charge in [-0.1, -0.05) is 30.3 Å². The van der Waals surface area contributed by atoms with Crippen LogP contribution < -0.4 is 16.0 Å². The Kier molecular flexibility index (Phi) is 6.46. The molecular weight excluding hydrogens is 332 g/mol. The third kappa shape index (κ3) is 4.95. The Morgan fingerprint density at radius 1 is 1.19 bits per heavy atom. The first-order valence-electron chi connectivity index (χ1n) is 9.32. The lowest BCUT2D eigenvalue weighted by atomic mass is 10.00. The summed E-state index contributed by atoms with van der Waals surface area (Å²) in [5.74, 6) is 0.0315. The molecule has 0 saturated carbocycles. The summed E-state index contributed by atoms with van der Waals surface area (Å²) in [4.78, 5) is 26.3. The van der Waals surface area contributed by atoms with Crippen molar-refractivity contribution in [1.82, 2.24) is 20.9 Å². The minimum atomic E-state index is -0.321. The van der Waals surface area contributed by atoms with E-state index < -0.39 is 0 Å². The van der Waals surface area contributed by atoms with E-state index in [1.165, 1.54) is 0 Å². The smallest absolute Gasteiger partial charge is 0.410 e. The van der Waals surface area contributed by atoms with Crippen LogP contribution in [0.4, 0.5) is 4.79 Å². The number of ether oxygens (including phenoxy) is 1. The van der Waals surface area contributed by atoms with Crippen LogP contribution in [0.3, 0.4) is 0 Å². The highest BCUT2D eigenvalue weighted by atomic mass is 16.6. The van der Waals surface area contributed by atoms with Gasteiger partial charge >= 0.3 is 6.09 Å². The van der Waals surface area contributed by atoms with Crippen molar-refractivity contribution < 1.29 is 14.3 Å². The van der Waals surface area contributed by atoms with Crippen LogP contribution in [-0.2, 0) is 16.1 Å². The van der Waals surface area contributed by atoms with Crippen LogP contribution in [0.5, 0.6) is 0 Å². The molecule has 7 nitrogen and oxygen atoms in total. The van der Waals surface area contributed by atoms with Gasteiger partial charge in [0, 0.05) is 31.7 Å². The molecule has 2 saturated heterocycles. The van der Waals surface area contributed by atoms with Gasteiger partial charge in [0.25, 0.3) is 0 Å². The van der Waals surface area contributed by atoms with Crippen molar-refractivity contribution in [3.63, 3.8) is 0 Å². The van der Waals surface area contributed by atoms with Crippen molar-refractivity contribution in [2.75, 3.05) is 26.7 Å². The normalized spacial score (nSPS) is 25.7. The van der Waals surface area contributed by atoms with Crippen LogP contribution >= 0.6 is 0 Å². The highest BCUT2D eigenvalue weighted by Gasteiger charge is 2.31. The van der Waals surface area contributed by atoms with Gasteiger partial charge in [-0.3, -0.25) is 4.79 Å². The number of carbonyl (C=O) groups is 2. The van der Waals surface area contributed by atoms with E-state index >= 15 is 0 Å². The molecular formula is C19H28N4O3. The molecule has 3 rings (SSSR count). The summed E-state index contributed by atoms with van der Waals surface area (Å²) in [6, 6.07) is 9.91. The van der Waals surface area contributed by atoms with Gasteiger partial charge in [0.15, 0.2) is 0 Å². The van der Waals surface area contributed by atoms with Crippen molar-refractivity contribution in [3.8, 4) is 0 Å². The Bertz CT molecular complexity index is 602. The Labute approximate surface area is 154 Å². The molecule has 26 heavy (non-hydrogen) atoms. The molecule has 0 aliphatic carbocycles. The molecule has 3 atom stereocenters. The maximum Gasteiger partial charge on any atom is 0.410 e. The number of rotatable bonds is 5. The molecule has 1 unspecified atom stereocenters. The van der Waals surface area contributed by atoms with E-state index in [4.69, 9.17) is 4.74 Å². The summed E-state index contributed by atoms with van der Waals surface area (Å²) < 4.78 is 5.36. The number of piperidine rings is 1. The number of nitrogens with zero attached hydrogens (tertiary/aromatic N) is 1. The number of carbonyl (C=O) groups excluding carboxylic acids is 2. The molecule has 1 aromatic rings. The van der Waals surface area contributed by atoms with Crippen molar-refractivity contribution in [1.29, 1.82) is 0 Å². The van der Waals surface area contributed by atoms with Crippen LogP contribution in [0.1, 0.15) is 24.8 Å². The average Bonchev–Trinajstić information content (AvgIpc) is 3.15. The van der Waals surface area contributed by atoms with Crippen LogP contribution in [-0.4, -0.2) is 61.7 Å². The summed E-state index contributed by atoms with van der Waals surface area (Å²) in [7, 11) is 1.94. The number of amides is 2. The first kappa shape index (κ1) is 18.7. The molecule has 2 amide bonds. The fraction of sp³-hybridized carbons (Fsp3) is 0.579. The molecule has 2 fully saturated rings. The van der Waals surface area contributed by atoms with Gasteiger partial charge in [-0.15, -0.1) is 0 Å². The predicted molar refractivity (Wildman–Crippen MR) is 98.6 cm³/mol. The van der Waals surface area contributed by atoms with E-state index in [0.717, 1.165) is 31.4 Å². The highest BCUT2D eigenvalue weighted by Crippen LogP contribution is 2.14. The van der Waals surface area contributed by atoms with Crippen molar-refractivity contribution in [3.05, 3.63) is 35.9 Å². The molecule has 0 spiro atoms. The standard InChI is InChI=1S/C19H28N4O3/c1-20-15-7-8-17(21-11-15)18(24)22-16-9-10-23(12-16)19(25)26-13-14-5-3-2-4-6-14/h2-6,15-17,20-21H,7-13H2,1H3,(H,22,24)/t15-,16?,17+/m1/s1. The molecule has 0 bridgehead atoms. The van der Waals surface area contributed by atoms with Crippen LogP contribution in [0.25, 0.3) is 0 Å². The molecule has 2 aliphatic heterocycles. The van der Waals surface area contributed by atoms with Crippen molar-refractivity contribution >= 4 is 12.0 Å². The Morgan fingerprint density at radius 3 is 2.69 bits per heavy atom. The number of likely N-dealkylation sites (tertiary alicyclic amines) is 1. The zero-order valence-corrected chi connectivity index (χ0v) is 15.2. The van der Waals surface area contributed by atoms with Crippen molar-refractivity contribution in [2.45, 2.75) is 44.0 Å². The topological polar surface area (TPSA) is 82.7 Å². The fourth-order valence-corrected chi connectivity index (χ4v) is 3.48. The summed E-state index contributed by atoms with van der Waals surface area (Å²) in [5.41, 5.74) is 0.966. The lowest BCUT2D eigenvalue weighted by Gasteiger charge is -2.29. The largest absolute Gasteiger partial charge is 0.445 e. The third-order valence-corrected chi connectivity index (χ3v) is 5.14. The highest BCUT2D eigenvalue weighted by molar-refractivity contribution is 5.82. The Morgan fingerprint density at radius 2 is 2.00 bits per heavy atom. The number of likely N-dealkylation sites (N-methyl/N-ethyl adjacent to an activating group) is 1. The molecule has 2 aliphatic rings. The van der Waals surface area contributed by atoms with Gasteiger partial charge in [0.1, 0.15) is 6.61 Å². The summed E-state index contributed by atoms with van der Waals surface area (Å²) in [6.07, 6.45) is 2.26. The van der Waals surface area contributed by atoms with Gasteiger partial charge in [-0.2, -0.15) is 0 Å². The zero-order valence-electron chi connectivity index (χ0n) is 15.2. The quantitative estimate of drug-likeness (QED) is 0.725. The SMILES string of the molecule is CN[C@@H]1CC[C@@H](C(=O)NC2CCN(C(=O)OCc3ccccc3)C2)NC1. The molecule has 7 heteroatoms. The summed E-state index contributed by atoms with van der Waals surface area (Å²) in [5, 5.41) is 9.58. The lowest BCUT2D eigenvalue weighted by Crippen LogP contribution is -2.54. The number of nitrogens with one attached hydrogen (secondary N) is 3. The van der Waals surface area contributed by atoms with Crippen molar-refractivity contribution in [2.24, 2.45) is 0 Å². The second-order valence-corrected chi connectivity index (χ2v) is 7.00. The van der Waals surface area contributed by atoms with Gasteiger partial charge in [0.05, 0.1) is 6.04 Å². The van der Waals surface area contributed by atoms with Gasteiger partial charge in [-0.25, -0.2) is 4.79 Å². The summed E-state index contributed by atoms with van der Waals surface area (Å²) in [6.45, 7) is 2.19. The number of hydrogen-bond donors (Lipinski definition) is 3. The van der Waals surface area contributed by atoms with E-state index in [-0.39, 0.29) is 30.7 Å². The molecule has 1 aromatic carbocycles. The minimum absolute atomic E-state index is 0.00408. The van der Waals surface area contributed by atoms with Crippen LogP contribution in [0.2, 0.25) is 0 Å². The number of benzene rings is 1. The second-order valence-electron chi connectivity index (χ2n) is 7.00. The monoisotopic (exact) mass is 360 g/mol.